The molecule has 206 valence electrons. The molecule has 0 radical (unpaired) electrons. The fourth-order valence-electron chi connectivity index (χ4n) is 4.79. The molecule has 2 saturated heterocycles. The van der Waals surface area contributed by atoms with Gasteiger partial charge in [0.15, 0.2) is 6.23 Å². The number of hydrogen-bond donors (Lipinski definition) is 1. The van der Waals surface area contributed by atoms with Gasteiger partial charge in [0, 0.05) is 12.6 Å². The van der Waals surface area contributed by atoms with Gasteiger partial charge in [0.2, 0.25) is 5.91 Å². The first-order valence-corrected chi connectivity index (χ1v) is 14.7. The summed E-state index contributed by atoms with van der Waals surface area (Å²) in [6.07, 6.45) is 15.6. The molecule has 37 heavy (non-hydrogen) atoms. The van der Waals surface area contributed by atoms with E-state index in [2.05, 4.69) is 23.3 Å². The Balaban J connectivity index is 1.31. The maximum atomic E-state index is 12.6. The van der Waals surface area contributed by atoms with Gasteiger partial charge in [-0.15, -0.1) is 0 Å². The number of nitriles is 1. The van der Waals surface area contributed by atoms with E-state index < -0.39 is 41.4 Å². The monoisotopic (exact) mass is 536 g/mol. The molecular formula is C26H40N4O6S. The van der Waals surface area contributed by atoms with Crippen LogP contribution in [0.1, 0.15) is 103 Å². The Morgan fingerprint density at radius 1 is 1.11 bits per heavy atom. The average molecular weight is 537 g/mol. The van der Waals surface area contributed by atoms with E-state index >= 15 is 0 Å². The molecule has 10 nitrogen and oxygen atoms in total. The topological polar surface area (TPSA) is 133 Å². The summed E-state index contributed by atoms with van der Waals surface area (Å²) in [5, 5.41) is 12.2. The highest BCUT2D eigenvalue weighted by molar-refractivity contribution is 7.75. The van der Waals surface area contributed by atoms with Crippen molar-refractivity contribution in [2.24, 2.45) is 5.92 Å². The van der Waals surface area contributed by atoms with Crippen LogP contribution in [0.5, 0.6) is 0 Å². The third kappa shape index (κ3) is 9.28. The number of fused-ring (bicyclic) bond motifs is 1. The molecule has 5 atom stereocenters. The van der Waals surface area contributed by atoms with E-state index in [1.54, 1.807) is 0 Å². The quantitative estimate of drug-likeness (QED) is 0.301. The van der Waals surface area contributed by atoms with Gasteiger partial charge in [-0.1, -0.05) is 84.0 Å². The van der Waals surface area contributed by atoms with Crippen molar-refractivity contribution in [3.63, 3.8) is 0 Å². The number of amides is 1. The van der Waals surface area contributed by atoms with Crippen LogP contribution in [-0.4, -0.2) is 38.5 Å². The Labute approximate surface area is 221 Å². The number of nitrogens with one attached hydrogen (secondary N) is 1. The summed E-state index contributed by atoms with van der Waals surface area (Å²) >= 11 is -1.95. The zero-order chi connectivity index (χ0) is 26.5. The number of carbonyl (C=O) groups excluding carboxylic acids is 1. The third-order valence-electron chi connectivity index (χ3n) is 6.89. The molecule has 1 unspecified atom stereocenters. The molecule has 0 aliphatic carbocycles. The van der Waals surface area contributed by atoms with Gasteiger partial charge in [-0.2, -0.15) is 14.5 Å². The highest BCUT2D eigenvalue weighted by Crippen LogP contribution is 2.38. The maximum absolute atomic E-state index is 12.6. The van der Waals surface area contributed by atoms with Gasteiger partial charge in [-0.3, -0.25) is 17.7 Å². The Morgan fingerprint density at radius 2 is 1.73 bits per heavy atom. The smallest absolute Gasteiger partial charge is 0.348 e. The van der Waals surface area contributed by atoms with Crippen molar-refractivity contribution >= 4 is 23.1 Å². The summed E-state index contributed by atoms with van der Waals surface area (Å²) in [5.74, 6) is -0.877. The van der Waals surface area contributed by atoms with Crippen LogP contribution in [0.25, 0.3) is 0 Å². The van der Waals surface area contributed by atoms with E-state index in [-0.39, 0.29) is 18.3 Å². The molecule has 0 spiro atoms. The number of hydrogen-bond acceptors (Lipinski definition) is 8. The van der Waals surface area contributed by atoms with Gasteiger partial charge >= 0.3 is 17.1 Å². The zero-order valence-electron chi connectivity index (χ0n) is 21.8. The lowest BCUT2D eigenvalue weighted by molar-refractivity contribution is -0.116. The van der Waals surface area contributed by atoms with E-state index in [0.717, 1.165) is 19.3 Å². The molecule has 1 N–H and O–H groups in total. The van der Waals surface area contributed by atoms with Gasteiger partial charge in [-0.25, -0.2) is 4.79 Å². The standard InChI is InChI=1S/C26H40N4O6S/c1-2-3-4-5-6-7-8-9-10-11-12-13-14-15-23(31)28-22-16-17-30(26(32)29-22)25-20(18-27)24-21(35-25)19-34-37(33)36-24/h16-17,20-21,24-25H,2-15,19H2,1H3,(H,28,29,31,32)/t20-,21+,24-,25+,37?/m0/s1. The van der Waals surface area contributed by atoms with Crippen LogP contribution in [0, 0.1) is 17.2 Å². The van der Waals surface area contributed by atoms with E-state index in [0.29, 0.717) is 6.42 Å². The molecule has 1 amide bonds. The second-order valence-electron chi connectivity index (χ2n) is 9.81. The minimum absolute atomic E-state index is 0.00146. The van der Waals surface area contributed by atoms with Crippen LogP contribution in [0.4, 0.5) is 5.82 Å². The Hall–Kier alpha value is -2.13. The van der Waals surface area contributed by atoms with Crippen molar-refractivity contribution in [1.29, 1.82) is 5.26 Å². The SMILES string of the molecule is CCCCCCCCCCCCCCCC(=O)Nc1ccn([C@@H]2O[C@@H]3COS(=O)O[C@H]3[C@@H]2C#N)c(=O)n1. The highest BCUT2D eigenvalue weighted by atomic mass is 32.2. The minimum Gasteiger partial charge on any atom is -0.348 e. The normalized spacial score (nSPS) is 24.9. The van der Waals surface area contributed by atoms with Crippen LogP contribution in [0.15, 0.2) is 17.1 Å². The Bertz CT molecular complexity index is 981. The number of aromatic nitrogens is 2. The molecular weight excluding hydrogens is 496 g/mol. The molecule has 11 heteroatoms. The molecule has 1 aromatic heterocycles. The van der Waals surface area contributed by atoms with Crippen molar-refractivity contribution in [1.82, 2.24) is 9.55 Å². The maximum Gasteiger partial charge on any atom is 0.351 e. The fraction of sp³-hybridized carbons (Fsp3) is 0.769. The zero-order valence-corrected chi connectivity index (χ0v) is 22.6. The number of anilines is 1. The second-order valence-corrected chi connectivity index (χ2v) is 10.6. The molecule has 2 aliphatic heterocycles. The van der Waals surface area contributed by atoms with Gasteiger partial charge in [0.05, 0.1) is 12.7 Å². The first-order chi connectivity index (χ1) is 18.0. The summed E-state index contributed by atoms with van der Waals surface area (Å²) in [6.45, 7) is 2.25. The molecule has 3 heterocycles. The van der Waals surface area contributed by atoms with Crippen LogP contribution in [0.3, 0.4) is 0 Å². The van der Waals surface area contributed by atoms with E-state index in [1.165, 1.54) is 81.0 Å². The molecule has 2 fully saturated rings. The van der Waals surface area contributed by atoms with E-state index in [4.69, 9.17) is 13.1 Å². The Kier molecular flexibility index (Phi) is 12.7. The third-order valence-corrected chi connectivity index (χ3v) is 7.60. The summed E-state index contributed by atoms with van der Waals surface area (Å²) < 4.78 is 28.6. The molecule has 2 aliphatic rings. The lowest BCUT2D eigenvalue weighted by Gasteiger charge is -2.22. The minimum atomic E-state index is -1.95. The van der Waals surface area contributed by atoms with Gasteiger partial charge < -0.3 is 10.1 Å². The number of nitrogens with zero attached hydrogens (tertiary/aromatic N) is 3. The summed E-state index contributed by atoms with van der Waals surface area (Å²) in [7, 11) is 0. The predicted molar refractivity (Wildman–Crippen MR) is 139 cm³/mol. The van der Waals surface area contributed by atoms with E-state index in [1.807, 2.05) is 0 Å². The molecule has 0 bridgehead atoms. The fourth-order valence-corrected chi connectivity index (χ4v) is 5.52. The molecule has 3 rings (SSSR count). The number of unbranched alkanes of at least 4 members (excludes halogenated alkanes) is 12. The van der Waals surface area contributed by atoms with Crippen molar-refractivity contribution < 1.29 is 22.1 Å². The van der Waals surface area contributed by atoms with Crippen LogP contribution >= 0.6 is 0 Å². The summed E-state index contributed by atoms with van der Waals surface area (Å²) in [5.41, 5.74) is -0.662. The Morgan fingerprint density at radius 3 is 2.32 bits per heavy atom. The van der Waals surface area contributed by atoms with Gasteiger partial charge in [-0.05, 0) is 12.5 Å². The lowest BCUT2D eigenvalue weighted by Crippen LogP contribution is -2.39. The van der Waals surface area contributed by atoms with Crippen LogP contribution in [0.2, 0.25) is 0 Å². The van der Waals surface area contributed by atoms with Crippen molar-refractivity contribution in [3.05, 3.63) is 22.7 Å². The summed E-state index contributed by atoms with van der Waals surface area (Å²) in [6, 6.07) is 3.57. The first kappa shape index (κ1) is 29.4. The first-order valence-electron chi connectivity index (χ1n) is 13.7. The number of ether oxygens (including phenoxy) is 1. The second kappa shape index (κ2) is 16.0. The highest BCUT2D eigenvalue weighted by Gasteiger charge is 2.50. The van der Waals surface area contributed by atoms with Gasteiger partial charge in [0.1, 0.15) is 23.9 Å². The number of rotatable bonds is 16. The average Bonchev–Trinajstić information content (AvgIpc) is 3.24. The van der Waals surface area contributed by atoms with E-state index in [9.17, 15) is 19.1 Å². The number of carbonyl (C=O) groups is 1. The van der Waals surface area contributed by atoms with Crippen molar-refractivity contribution in [2.75, 3.05) is 11.9 Å². The molecule has 1 aromatic rings. The van der Waals surface area contributed by atoms with Gasteiger partial charge in [0.25, 0.3) is 0 Å². The van der Waals surface area contributed by atoms with Crippen LogP contribution < -0.4 is 11.0 Å². The lowest BCUT2D eigenvalue weighted by atomic mass is 10.0. The van der Waals surface area contributed by atoms with Crippen molar-refractivity contribution in [2.45, 2.75) is 115 Å². The largest absolute Gasteiger partial charge is 0.351 e. The van der Waals surface area contributed by atoms with Crippen LogP contribution in [-0.2, 0) is 29.3 Å². The predicted octanol–water partition coefficient (Wildman–Crippen LogP) is 4.69. The van der Waals surface area contributed by atoms with Crippen molar-refractivity contribution in [3.8, 4) is 6.07 Å². The summed E-state index contributed by atoms with van der Waals surface area (Å²) in [4.78, 5) is 28.8. The molecule has 0 aromatic carbocycles. The molecule has 0 saturated carbocycles.